The quantitative estimate of drug-likeness (QED) is 0.440. The Kier molecular flexibility index (Phi) is 2.05. The predicted molar refractivity (Wildman–Crippen MR) is 31.3 cm³/mol. The van der Waals surface area contributed by atoms with Gasteiger partial charge in [0.15, 0.2) is 0 Å². The number of nitrogens with one attached hydrogen (secondary N) is 1. The van der Waals surface area contributed by atoms with Gasteiger partial charge < -0.3 is 9.43 Å². The van der Waals surface area contributed by atoms with Crippen molar-refractivity contribution >= 4 is 18.8 Å². The highest BCUT2D eigenvalue weighted by atomic mass is 28.3. The second kappa shape index (κ2) is 2.61. The van der Waals surface area contributed by atoms with Gasteiger partial charge in [0, 0.05) is 12.3 Å². The average Bonchev–Trinajstić information content (AvgIpc) is 1.69. The van der Waals surface area contributed by atoms with Crippen molar-refractivity contribution < 1.29 is 4.12 Å². The first-order chi connectivity index (χ1) is 3.39. The van der Waals surface area contributed by atoms with Crippen LogP contribution in [0.4, 0.5) is 0 Å². The fourth-order valence-electron chi connectivity index (χ4n) is 0.485. The predicted octanol–water partition coefficient (Wildman–Crippen LogP) is -0.657. The summed E-state index contributed by atoms with van der Waals surface area (Å²) in [5, 5.41) is 3.27. The first kappa shape index (κ1) is 5.49. The molecule has 7 heavy (non-hydrogen) atoms. The van der Waals surface area contributed by atoms with Gasteiger partial charge in [0.2, 0.25) is 18.8 Å². The van der Waals surface area contributed by atoms with Crippen LogP contribution in [0.25, 0.3) is 0 Å². The summed E-state index contributed by atoms with van der Waals surface area (Å²) in [7, 11) is 0.324. The van der Waals surface area contributed by atoms with Crippen molar-refractivity contribution in [3.05, 3.63) is 0 Å². The summed E-state index contributed by atoms with van der Waals surface area (Å²) in [6.07, 6.45) is 2.19. The van der Waals surface area contributed by atoms with Crippen LogP contribution in [-0.2, 0) is 4.12 Å². The van der Waals surface area contributed by atoms with E-state index >= 15 is 0 Å². The Hall–Kier alpha value is 0.354. The van der Waals surface area contributed by atoms with Gasteiger partial charge in [0.25, 0.3) is 0 Å². The van der Waals surface area contributed by atoms with Crippen molar-refractivity contribution in [2.75, 3.05) is 12.3 Å². The highest BCUT2D eigenvalue weighted by molar-refractivity contribution is 6.58. The number of hydrogen-bond acceptors (Lipinski definition) is 2. The van der Waals surface area contributed by atoms with Gasteiger partial charge in [-0.05, 0) is 6.55 Å². The zero-order chi connectivity index (χ0) is 5.11. The molecule has 1 fully saturated rings. The van der Waals surface area contributed by atoms with Crippen molar-refractivity contribution in [2.24, 2.45) is 0 Å². The normalized spacial score (nSPS) is 25.3. The highest BCUT2D eigenvalue weighted by Crippen LogP contribution is 1.84. The van der Waals surface area contributed by atoms with E-state index in [1.165, 1.54) is 0 Å². The molecule has 0 aromatic carbocycles. The molecule has 39 valence electrons. The molecule has 2 nitrogen and oxygen atoms in total. The summed E-state index contributed by atoms with van der Waals surface area (Å²) in [4.78, 5) is 0. The van der Waals surface area contributed by atoms with Gasteiger partial charge in [0.1, 0.15) is 0 Å². The van der Waals surface area contributed by atoms with Crippen LogP contribution < -0.4 is 5.32 Å². The van der Waals surface area contributed by atoms with E-state index in [-0.39, 0.29) is 0 Å². The minimum atomic E-state index is -0.392. The molecular formula is C3H8NOSi2. The lowest BCUT2D eigenvalue weighted by Crippen LogP contribution is -2.41. The van der Waals surface area contributed by atoms with Gasteiger partial charge in [-0.3, -0.25) is 0 Å². The maximum absolute atomic E-state index is 5.34. The van der Waals surface area contributed by atoms with E-state index in [9.17, 15) is 0 Å². The summed E-state index contributed by atoms with van der Waals surface area (Å²) < 4.78 is 5.34. The van der Waals surface area contributed by atoms with E-state index in [1.54, 1.807) is 0 Å². The molecule has 0 spiro atoms. The molecule has 0 saturated carbocycles. The van der Waals surface area contributed by atoms with Crippen LogP contribution in [0, 0.1) is 0 Å². The van der Waals surface area contributed by atoms with E-state index in [0.717, 1.165) is 12.3 Å². The van der Waals surface area contributed by atoms with Crippen molar-refractivity contribution in [3.8, 4) is 0 Å². The molecule has 1 aliphatic heterocycles. The van der Waals surface area contributed by atoms with Crippen LogP contribution in [0.1, 0.15) is 0 Å². The Labute approximate surface area is 47.9 Å². The van der Waals surface area contributed by atoms with Crippen LogP contribution in [0.5, 0.6) is 0 Å². The maximum atomic E-state index is 5.34. The standard InChI is InChI=1S/C3H8NOSi2/c1-7-3-4-2-6-5-7/h4H,2-3H2,1H3. The van der Waals surface area contributed by atoms with Crippen LogP contribution in [0.2, 0.25) is 6.55 Å². The van der Waals surface area contributed by atoms with Crippen molar-refractivity contribution in [3.63, 3.8) is 0 Å². The lowest BCUT2D eigenvalue weighted by atomic mass is 11.2. The number of rotatable bonds is 0. The second-order valence-corrected chi connectivity index (χ2v) is 4.77. The Morgan fingerprint density at radius 1 is 1.86 bits per heavy atom. The van der Waals surface area contributed by atoms with E-state index in [2.05, 4.69) is 11.9 Å². The minimum absolute atomic E-state index is 0.392. The van der Waals surface area contributed by atoms with Gasteiger partial charge in [0.05, 0.1) is 0 Å². The molecular weight excluding hydrogens is 122 g/mol. The zero-order valence-electron chi connectivity index (χ0n) is 4.32. The molecule has 3 radical (unpaired) electrons. The van der Waals surface area contributed by atoms with Crippen molar-refractivity contribution in [1.82, 2.24) is 5.32 Å². The van der Waals surface area contributed by atoms with E-state index in [0.29, 0.717) is 9.76 Å². The molecule has 1 N–H and O–H groups in total. The first-order valence-electron chi connectivity index (χ1n) is 2.32. The Bertz CT molecular complexity index is 54.9. The number of hydrogen-bond donors (Lipinski definition) is 1. The molecule has 0 bridgehead atoms. The van der Waals surface area contributed by atoms with Gasteiger partial charge in [-0.2, -0.15) is 0 Å². The van der Waals surface area contributed by atoms with Crippen molar-refractivity contribution in [1.29, 1.82) is 0 Å². The molecule has 4 heteroatoms. The van der Waals surface area contributed by atoms with Crippen molar-refractivity contribution in [2.45, 2.75) is 6.55 Å². The Morgan fingerprint density at radius 2 is 2.71 bits per heavy atom. The smallest absolute Gasteiger partial charge is 0.230 e. The summed E-state index contributed by atoms with van der Waals surface area (Å²) >= 11 is 0. The SMILES string of the molecule is C[Si]1CNC[Si]O1. The third-order valence-electron chi connectivity index (χ3n) is 0.818. The Morgan fingerprint density at radius 3 is 3.00 bits per heavy atom. The van der Waals surface area contributed by atoms with Gasteiger partial charge in [-0.1, -0.05) is 0 Å². The van der Waals surface area contributed by atoms with Crippen LogP contribution in [-0.4, -0.2) is 31.1 Å². The van der Waals surface area contributed by atoms with Gasteiger partial charge in [-0.15, -0.1) is 0 Å². The maximum Gasteiger partial charge on any atom is 0.230 e. The van der Waals surface area contributed by atoms with E-state index in [4.69, 9.17) is 4.12 Å². The average molecular weight is 130 g/mol. The fraction of sp³-hybridized carbons (Fsp3) is 1.00. The topological polar surface area (TPSA) is 21.3 Å². The highest BCUT2D eigenvalue weighted by Gasteiger charge is 2.09. The lowest BCUT2D eigenvalue weighted by molar-refractivity contribution is 0.569. The van der Waals surface area contributed by atoms with Crippen LogP contribution in [0.15, 0.2) is 0 Å². The first-order valence-corrected chi connectivity index (χ1v) is 5.55. The summed E-state index contributed by atoms with van der Waals surface area (Å²) in [5.74, 6) is 0. The molecule has 1 aliphatic rings. The summed E-state index contributed by atoms with van der Waals surface area (Å²) in [5.41, 5.74) is 0. The lowest BCUT2D eigenvalue weighted by Gasteiger charge is -2.15. The second-order valence-electron chi connectivity index (χ2n) is 1.55. The van der Waals surface area contributed by atoms with Gasteiger partial charge >= 0.3 is 0 Å². The molecule has 0 aromatic heterocycles. The van der Waals surface area contributed by atoms with E-state index in [1.807, 2.05) is 0 Å². The van der Waals surface area contributed by atoms with Gasteiger partial charge in [-0.25, -0.2) is 0 Å². The zero-order valence-corrected chi connectivity index (χ0v) is 6.32. The third-order valence-corrected chi connectivity index (χ3v) is 3.93. The molecule has 0 amide bonds. The minimum Gasteiger partial charge on any atom is -0.455 e. The molecule has 0 unspecified atom stereocenters. The monoisotopic (exact) mass is 130 g/mol. The van der Waals surface area contributed by atoms with Crippen LogP contribution in [0.3, 0.4) is 0 Å². The Balaban J connectivity index is 2.12. The van der Waals surface area contributed by atoms with Crippen LogP contribution >= 0.6 is 0 Å². The third kappa shape index (κ3) is 1.73. The fourth-order valence-corrected chi connectivity index (χ4v) is 3.00. The largest absolute Gasteiger partial charge is 0.455 e. The molecule has 1 rings (SSSR count). The van der Waals surface area contributed by atoms with E-state index < -0.39 is 9.04 Å². The molecule has 0 atom stereocenters. The molecule has 1 saturated heterocycles. The molecule has 0 aromatic rings. The summed E-state index contributed by atoms with van der Waals surface area (Å²) in [6.45, 7) is 2.18. The summed E-state index contributed by atoms with van der Waals surface area (Å²) in [6, 6.07) is 0. The molecule has 1 heterocycles. The molecule has 0 aliphatic carbocycles.